The molecule has 0 saturated heterocycles. The highest BCUT2D eigenvalue weighted by Crippen LogP contribution is 2.58. The molecule has 0 aliphatic heterocycles. The Bertz CT molecular complexity index is 541. The number of carbonyl (C=O) groups excluding carboxylic acids is 2. The molecular formula is C20H32O6. The topological polar surface area (TPSA) is 89.9 Å². The molecule has 0 aromatic carbocycles. The third kappa shape index (κ3) is 4.04. The normalized spacial score (nSPS) is 31.6. The molecule has 0 radical (unpaired) electrons. The van der Waals surface area contributed by atoms with E-state index in [1.54, 1.807) is 0 Å². The van der Waals surface area contributed by atoms with Gasteiger partial charge < -0.3 is 14.6 Å². The largest absolute Gasteiger partial charge is 0.481 e. The van der Waals surface area contributed by atoms with Crippen LogP contribution in [0.5, 0.6) is 0 Å². The van der Waals surface area contributed by atoms with Crippen LogP contribution in [0, 0.1) is 28.6 Å². The van der Waals surface area contributed by atoms with Crippen molar-refractivity contribution in [3.8, 4) is 0 Å². The summed E-state index contributed by atoms with van der Waals surface area (Å²) < 4.78 is 10.7. The van der Waals surface area contributed by atoms with Crippen LogP contribution in [0.15, 0.2) is 0 Å². The number of hydrogen-bond donors (Lipinski definition) is 1. The first-order valence-corrected chi connectivity index (χ1v) is 9.66. The van der Waals surface area contributed by atoms with Crippen LogP contribution in [0.1, 0.15) is 66.2 Å². The molecule has 0 heterocycles. The van der Waals surface area contributed by atoms with Gasteiger partial charge in [-0.25, -0.2) is 0 Å². The summed E-state index contributed by atoms with van der Waals surface area (Å²) in [5, 5.41) is 8.99. The Hall–Kier alpha value is -1.59. The number of carbonyl (C=O) groups is 3. The van der Waals surface area contributed by atoms with E-state index < -0.39 is 11.4 Å². The fourth-order valence-electron chi connectivity index (χ4n) is 4.54. The second-order valence-corrected chi connectivity index (χ2v) is 8.85. The number of rotatable bonds is 6. The zero-order valence-electron chi connectivity index (χ0n) is 16.4. The molecule has 2 rings (SSSR count). The van der Waals surface area contributed by atoms with Gasteiger partial charge in [-0.1, -0.05) is 27.7 Å². The van der Waals surface area contributed by atoms with E-state index in [0.717, 1.165) is 12.8 Å². The minimum Gasteiger partial charge on any atom is -0.481 e. The SMILES string of the molecule is CC1CCC1(C(=O)OCCOC(=O)C1CCC(C(=O)O)CC1)C(C)(C)C. The van der Waals surface area contributed by atoms with Crippen LogP contribution >= 0.6 is 0 Å². The predicted molar refractivity (Wildman–Crippen MR) is 95.3 cm³/mol. The fourth-order valence-corrected chi connectivity index (χ4v) is 4.54. The Labute approximate surface area is 155 Å². The zero-order valence-corrected chi connectivity index (χ0v) is 16.4. The lowest BCUT2D eigenvalue weighted by Crippen LogP contribution is -2.55. The highest BCUT2D eigenvalue weighted by Gasteiger charge is 2.58. The molecule has 0 amide bonds. The average molecular weight is 368 g/mol. The van der Waals surface area contributed by atoms with Crippen molar-refractivity contribution in [2.24, 2.45) is 28.6 Å². The van der Waals surface area contributed by atoms with Crippen molar-refractivity contribution in [3.63, 3.8) is 0 Å². The zero-order chi connectivity index (χ0) is 19.5. The van der Waals surface area contributed by atoms with Gasteiger partial charge in [-0.3, -0.25) is 14.4 Å². The van der Waals surface area contributed by atoms with Gasteiger partial charge in [0, 0.05) is 0 Å². The van der Waals surface area contributed by atoms with E-state index in [0.29, 0.717) is 31.6 Å². The average Bonchev–Trinajstić information content (AvgIpc) is 2.56. The Balaban J connectivity index is 1.73. The molecule has 2 aliphatic rings. The van der Waals surface area contributed by atoms with Crippen LogP contribution in [0.4, 0.5) is 0 Å². The molecule has 148 valence electrons. The third-order valence-electron chi connectivity index (χ3n) is 6.49. The minimum atomic E-state index is -0.790. The fraction of sp³-hybridized carbons (Fsp3) is 0.850. The van der Waals surface area contributed by atoms with Crippen LogP contribution in [0.25, 0.3) is 0 Å². The first kappa shape index (κ1) is 20.7. The van der Waals surface area contributed by atoms with Crippen LogP contribution in [-0.2, 0) is 23.9 Å². The molecule has 0 aromatic rings. The van der Waals surface area contributed by atoms with Gasteiger partial charge in [-0.05, 0) is 49.9 Å². The summed E-state index contributed by atoms with van der Waals surface area (Å²) in [5.41, 5.74) is -0.618. The maximum Gasteiger partial charge on any atom is 0.312 e. The lowest BCUT2D eigenvalue weighted by atomic mass is 9.49. The Morgan fingerprint density at radius 2 is 1.50 bits per heavy atom. The van der Waals surface area contributed by atoms with Gasteiger partial charge in [0.1, 0.15) is 13.2 Å². The maximum absolute atomic E-state index is 12.6. The van der Waals surface area contributed by atoms with Crippen molar-refractivity contribution in [1.29, 1.82) is 0 Å². The van der Waals surface area contributed by atoms with E-state index in [2.05, 4.69) is 27.7 Å². The molecule has 6 nitrogen and oxygen atoms in total. The van der Waals surface area contributed by atoms with Crippen molar-refractivity contribution in [2.75, 3.05) is 13.2 Å². The summed E-state index contributed by atoms with van der Waals surface area (Å²) in [6.07, 6.45) is 3.97. The van der Waals surface area contributed by atoms with E-state index >= 15 is 0 Å². The van der Waals surface area contributed by atoms with E-state index in [4.69, 9.17) is 14.6 Å². The van der Waals surface area contributed by atoms with Crippen molar-refractivity contribution >= 4 is 17.9 Å². The van der Waals surface area contributed by atoms with Crippen LogP contribution in [-0.4, -0.2) is 36.2 Å². The van der Waals surface area contributed by atoms with Crippen LogP contribution < -0.4 is 0 Å². The Morgan fingerprint density at radius 3 is 1.92 bits per heavy atom. The van der Waals surface area contributed by atoms with Gasteiger partial charge in [0.2, 0.25) is 0 Å². The van der Waals surface area contributed by atoms with E-state index in [1.807, 2.05) is 0 Å². The van der Waals surface area contributed by atoms with Crippen LogP contribution in [0.2, 0.25) is 0 Å². The second-order valence-electron chi connectivity index (χ2n) is 8.85. The number of carboxylic acids is 1. The Kier molecular flexibility index (Phi) is 6.35. The lowest BCUT2D eigenvalue weighted by Gasteiger charge is -2.54. The smallest absolute Gasteiger partial charge is 0.312 e. The second kappa shape index (κ2) is 7.97. The van der Waals surface area contributed by atoms with Gasteiger partial charge in [0.25, 0.3) is 0 Å². The molecule has 2 fully saturated rings. The summed E-state index contributed by atoms with van der Waals surface area (Å²) in [6, 6.07) is 0. The number of hydrogen-bond acceptors (Lipinski definition) is 5. The number of aliphatic carboxylic acids is 1. The predicted octanol–water partition coefficient (Wildman–Crippen LogP) is 3.43. The molecule has 26 heavy (non-hydrogen) atoms. The molecule has 2 atom stereocenters. The first-order valence-electron chi connectivity index (χ1n) is 9.66. The van der Waals surface area contributed by atoms with Crippen molar-refractivity contribution in [1.82, 2.24) is 0 Å². The van der Waals surface area contributed by atoms with Gasteiger partial charge in [0.05, 0.1) is 17.3 Å². The van der Waals surface area contributed by atoms with E-state index in [1.165, 1.54) is 0 Å². The van der Waals surface area contributed by atoms with Crippen molar-refractivity contribution < 1.29 is 29.0 Å². The molecule has 2 saturated carbocycles. The quantitative estimate of drug-likeness (QED) is 0.571. The van der Waals surface area contributed by atoms with Gasteiger partial charge in [0.15, 0.2) is 0 Å². The molecule has 0 spiro atoms. The first-order chi connectivity index (χ1) is 12.1. The molecule has 2 unspecified atom stereocenters. The Morgan fingerprint density at radius 1 is 0.962 bits per heavy atom. The third-order valence-corrected chi connectivity index (χ3v) is 6.49. The van der Waals surface area contributed by atoms with E-state index in [9.17, 15) is 14.4 Å². The highest BCUT2D eigenvalue weighted by molar-refractivity contribution is 5.79. The van der Waals surface area contributed by atoms with Crippen molar-refractivity contribution in [2.45, 2.75) is 66.2 Å². The summed E-state index contributed by atoms with van der Waals surface area (Å²) in [6.45, 7) is 8.41. The number of ether oxygens (including phenoxy) is 2. The summed E-state index contributed by atoms with van der Waals surface area (Å²) >= 11 is 0. The van der Waals surface area contributed by atoms with Gasteiger partial charge in [-0.15, -0.1) is 0 Å². The monoisotopic (exact) mass is 368 g/mol. The molecule has 0 bridgehead atoms. The lowest BCUT2D eigenvalue weighted by molar-refractivity contribution is -0.184. The molecule has 6 heteroatoms. The minimum absolute atomic E-state index is 0.0536. The standard InChI is InChI=1S/C20H32O6/c1-13-9-10-20(13,19(2,3)4)18(24)26-12-11-25-17(23)15-7-5-14(6-8-15)16(21)22/h13-15H,5-12H2,1-4H3,(H,21,22). The van der Waals surface area contributed by atoms with Gasteiger partial charge in [-0.2, -0.15) is 0 Å². The number of carboxylic acid groups (broad SMARTS) is 1. The molecular weight excluding hydrogens is 336 g/mol. The van der Waals surface area contributed by atoms with Gasteiger partial charge >= 0.3 is 17.9 Å². The number of esters is 2. The van der Waals surface area contributed by atoms with E-state index in [-0.39, 0.29) is 42.4 Å². The molecule has 2 aliphatic carbocycles. The summed E-state index contributed by atoms with van der Waals surface area (Å²) in [7, 11) is 0. The summed E-state index contributed by atoms with van der Waals surface area (Å²) in [4.78, 5) is 35.7. The highest BCUT2D eigenvalue weighted by atomic mass is 16.6. The summed E-state index contributed by atoms with van der Waals surface area (Å²) in [5.74, 6) is -1.59. The van der Waals surface area contributed by atoms with Crippen LogP contribution in [0.3, 0.4) is 0 Å². The molecule has 1 N–H and O–H groups in total. The van der Waals surface area contributed by atoms with Crippen molar-refractivity contribution in [3.05, 3.63) is 0 Å². The molecule has 0 aromatic heterocycles. The maximum atomic E-state index is 12.6.